The summed E-state index contributed by atoms with van der Waals surface area (Å²) in [6, 6.07) is 6.96. The normalized spacial score (nSPS) is 11.0. The third kappa shape index (κ3) is 15.7. The molecule has 3 N–H and O–H groups in total. The lowest BCUT2D eigenvalue weighted by molar-refractivity contribution is 0.205. The van der Waals surface area contributed by atoms with E-state index in [0.717, 1.165) is 25.8 Å². The molecular weight excluding hydrogens is 384 g/mol. The number of phenols is 1. The summed E-state index contributed by atoms with van der Waals surface area (Å²) < 4.78 is 0. The van der Waals surface area contributed by atoms with Crippen LogP contribution in [-0.4, -0.2) is 29.1 Å². The summed E-state index contributed by atoms with van der Waals surface area (Å²) in [5.74, 6) is 0.288. The summed E-state index contributed by atoms with van der Waals surface area (Å²) in [4.78, 5) is 13.5. The number of phenolic OH excluding ortho intramolecular Hbond substituents is 1. The Hall–Kier alpha value is -1.71. The molecule has 0 saturated heterocycles. The number of primary amides is 1. The average molecular weight is 433 g/mol. The van der Waals surface area contributed by atoms with Crippen LogP contribution in [0.2, 0.25) is 0 Å². The Morgan fingerprint density at radius 2 is 1.13 bits per heavy atom. The fraction of sp³-hybridized carbons (Fsp3) is 0.741. The monoisotopic (exact) mass is 432 g/mol. The molecule has 1 rings (SSSR count). The molecule has 0 aliphatic heterocycles. The summed E-state index contributed by atoms with van der Waals surface area (Å²) in [6.45, 7) is 3.75. The van der Waals surface area contributed by atoms with E-state index in [4.69, 9.17) is 5.73 Å². The second kappa shape index (κ2) is 19.0. The van der Waals surface area contributed by atoms with Crippen LogP contribution >= 0.6 is 0 Å². The molecule has 4 nitrogen and oxygen atoms in total. The van der Waals surface area contributed by atoms with Crippen molar-refractivity contribution < 1.29 is 9.90 Å². The zero-order chi connectivity index (χ0) is 22.6. The molecule has 0 fully saturated rings. The van der Waals surface area contributed by atoms with Crippen molar-refractivity contribution in [2.24, 2.45) is 5.73 Å². The van der Waals surface area contributed by atoms with E-state index in [0.29, 0.717) is 6.54 Å². The Labute approximate surface area is 191 Å². The van der Waals surface area contributed by atoms with Crippen molar-refractivity contribution in [3.63, 3.8) is 0 Å². The molecular formula is C27H48N2O2. The SMILES string of the molecule is CCCCCCCCCCCCCCCCCN(CCCc1ccc(O)cc1)C(N)=O. The zero-order valence-corrected chi connectivity index (χ0v) is 20.1. The number of carbonyl (C=O) groups excluding carboxylic acids is 1. The van der Waals surface area contributed by atoms with Crippen LogP contribution in [0, 0.1) is 0 Å². The minimum atomic E-state index is -0.309. The quantitative estimate of drug-likeness (QED) is 0.209. The van der Waals surface area contributed by atoms with Crippen LogP contribution in [0.3, 0.4) is 0 Å². The molecule has 0 atom stereocenters. The molecule has 0 saturated carbocycles. The first-order chi connectivity index (χ1) is 15.1. The van der Waals surface area contributed by atoms with E-state index in [9.17, 15) is 9.90 Å². The number of rotatable bonds is 20. The number of hydrogen-bond acceptors (Lipinski definition) is 2. The number of urea groups is 1. The summed E-state index contributed by atoms with van der Waals surface area (Å²) >= 11 is 0. The van der Waals surface area contributed by atoms with Crippen molar-refractivity contribution in [1.82, 2.24) is 4.90 Å². The van der Waals surface area contributed by atoms with E-state index in [-0.39, 0.29) is 11.8 Å². The zero-order valence-electron chi connectivity index (χ0n) is 20.1. The first-order valence-electron chi connectivity index (χ1n) is 13.0. The van der Waals surface area contributed by atoms with Gasteiger partial charge in [-0.3, -0.25) is 0 Å². The Morgan fingerprint density at radius 1 is 0.710 bits per heavy atom. The second-order valence-corrected chi connectivity index (χ2v) is 9.05. The highest BCUT2D eigenvalue weighted by Gasteiger charge is 2.08. The molecule has 1 aromatic carbocycles. The average Bonchev–Trinajstić information content (AvgIpc) is 2.76. The summed E-state index contributed by atoms with van der Waals surface area (Å²) in [6.07, 6.45) is 22.0. The molecule has 0 unspecified atom stereocenters. The van der Waals surface area contributed by atoms with Crippen LogP contribution in [0.25, 0.3) is 0 Å². The fourth-order valence-electron chi connectivity index (χ4n) is 4.14. The maximum Gasteiger partial charge on any atom is 0.314 e. The van der Waals surface area contributed by atoms with Crippen molar-refractivity contribution >= 4 is 6.03 Å². The Balaban J connectivity index is 1.92. The predicted molar refractivity (Wildman–Crippen MR) is 133 cm³/mol. The molecule has 0 aromatic heterocycles. The van der Waals surface area contributed by atoms with Gasteiger partial charge in [0, 0.05) is 13.1 Å². The fourth-order valence-corrected chi connectivity index (χ4v) is 4.14. The molecule has 2 amide bonds. The lowest BCUT2D eigenvalue weighted by Crippen LogP contribution is -2.37. The maximum absolute atomic E-state index is 11.7. The van der Waals surface area contributed by atoms with Gasteiger partial charge in [-0.15, -0.1) is 0 Å². The minimum Gasteiger partial charge on any atom is -0.508 e. The minimum absolute atomic E-state index is 0.288. The highest BCUT2D eigenvalue weighted by Crippen LogP contribution is 2.14. The standard InChI is InChI=1S/C27H48N2O2/c1-2-3-4-5-6-7-8-9-10-11-12-13-14-15-16-23-29(27(28)31)24-17-18-25-19-21-26(30)22-20-25/h19-22,30H,2-18,23-24H2,1H3,(H2,28,31). The highest BCUT2D eigenvalue weighted by molar-refractivity contribution is 5.71. The van der Waals surface area contributed by atoms with Gasteiger partial charge in [0.1, 0.15) is 5.75 Å². The molecule has 0 aliphatic carbocycles. The topological polar surface area (TPSA) is 66.6 Å². The van der Waals surface area contributed by atoms with E-state index in [1.807, 2.05) is 12.1 Å². The molecule has 0 aliphatic rings. The largest absolute Gasteiger partial charge is 0.508 e. The van der Waals surface area contributed by atoms with Crippen molar-refractivity contribution in [2.45, 2.75) is 116 Å². The van der Waals surface area contributed by atoms with Crippen molar-refractivity contribution in [3.05, 3.63) is 29.8 Å². The van der Waals surface area contributed by atoms with Gasteiger partial charge < -0.3 is 15.7 Å². The van der Waals surface area contributed by atoms with Gasteiger partial charge in [-0.05, 0) is 37.0 Å². The Kier molecular flexibility index (Phi) is 16.8. The Morgan fingerprint density at radius 3 is 1.58 bits per heavy atom. The van der Waals surface area contributed by atoms with Gasteiger partial charge in [0.15, 0.2) is 0 Å². The second-order valence-electron chi connectivity index (χ2n) is 9.05. The Bertz CT molecular complexity index is 545. The van der Waals surface area contributed by atoms with E-state index in [2.05, 4.69) is 6.92 Å². The molecule has 31 heavy (non-hydrogen) atoms. The van der Waals surface area contributed by atoms with E-state index < -0.39 is 0 Å². The van der Waals surface area contributed by atoms with E-state index >= 15 is 0 Å². The van der Waals surface area contributed by atoms with Gasteiger partial charge >= 0.3 is 6.03 Å². The van der Waals surface area contributed by atoms with Gasteiger partial charge in [0.05, 0.1) is 0 Å². The van der Waals surface area contributed by atoms with E-state index in [1.54, 1.807) is 17.0 Å². The van der Waals surface area contributed by atoms with E-state index in [1.165, 1.54) is 95.5 Å². The summed E-state index contributed by atoms with van der Waals surface area (Å²) in [5.41, 5.74) is 6.73. The van der Waals surface area contributed by atoms with Gasteiger partial charge in [-0.1, -0.05) is 109 Å². The van der Waals surface area contributed by atoms with Crippen LogP contribution in [0.4, 0.5) is 4.79 Å². The van der Waals surface area contributed by atoms with Crippen LogP contribution in [-0.2, 0) is 6.42 Å². The van der Waals surface area contributed by atoms with Gasteiger partial charge in [0.25, 0.3) is 0 Å². The van der Waals surface area contributed by atoms with Crippen LogP contribution in [0.1, 0.15) is 115 Å². The summed E-state index contributed by atoms with van der Waals surface area (Å²) in [7, 11) is 0. The molecule has 178 valence electrons. The molecule has 0 spiro atoms. The lowest BCUT2D eigenvalue weighted by Gasteiger charge is -2.20. The molecule has 1 aromatic rings. The molecule has 4 heteroatoms. The number of nitrogens with two attached hydrogens (primary N) is 1. The third-order valence-corrected chi connectivity index (χ3v) is 6.17. The van der Waals surface area contributed by atoms with Gasteiger partial charge in [-0.2, -0.15) is 0 Å². The maximum atomic E-state index is 11.7. The number of benzene rings is 1. The molecule has 0 radical (unpaired) electrons. The van der Waals surface area contributed by atoms with Crippen LogP contribution in [0.5, 0.6) is 5.75 Å². The molecule has 0 heterocycles. The predicted octanol–water partition coefficient (Wildman–Crippen LogP) is 7.58. The first-order valence-corrected chi connectivity index (χ1v) is 13.0. The number of aromatic hydroxyl groups is 1. The highest BCUT2D eigenvalue weighted by atomic mass is 16.3. The van der Waals surface area contributed by atoms with Gasteiger partial charge in [0.2, 0.25) is 0 Å². The number of unbranched alkanes of at least 4 members (excludes halogenated alkanes) is 14. The number of amides is 2. The van der Waals surface area contributed by atoms with Crippen molar-refractivity contribution in [2.75, 3.05) is 13.1 Å². The number of nitrogens with zero attached hydrogens (tertiary/aromatic N) is 1. The number of carbonyl (C=O) groups is 1. The van der Waals surface area contributed by atoms with Crippen LogP contribution < -0.4 is 5.73 Å². The smallest absolute Gasteiger partial charge is 0.314 e. The van der Waals surface area contributed by atoms with Gasteiger partial charge in [-0.25, -0.2) is 4.79 Å². The lowest BCUT2D eigenvalue weighted by atomic mass is 10.0. The van der Waals surface area contributed by atoms with Crippen LogP contribution in [0.15, 0.2) is 24.3 Å². The molecule has 0 bridgehead atoms. The van der Waals surface area contributed by atoms with Crippen molar-refractivity contribution in [1.29, 1.82) is 0 Å². The number of hydrogen-bond donors (Lipinski definition) is 2. The first kappa shape index (κ1) is 27.3. The van der Waals surface area contributed by atoms with Crippen molar-refractivity contribution in [3.8, 4) is 5.75 Å². The third-order valence-electron chi connectivity index (χ3n) is 6.17. The summed E-state index contributed by atoms with van der Waals surface area (Å²) in [5, 5.41) is 9.34. The number of aryl methyl sites for hydroxylation is 1.